The summed E-state index contributed by atoms with van der Waals surface area (Å²) in [7, 11) is 0. The topological polar surface area (TPSA) is 32.6 Å². The molecular weight excluding hydrogens is 150 g/mol. The minimum Gasteiger partial charge on any atom is -0.411 e. The van der Waals surface area contributed by atoms with Gasteiger partial charge in [0.25, 0.3) is 0 Å². The molecular formula is C10H13NO. The lowest BCUT2D eigenvalue weighted by atomic mass is 10.1. The highest BCUT2D eigenvalue weighted by atomic mass is 16.4. The molecule has 0 aromatic heterocycles. The van der Waals surface area contributed by atoms with Crippen LogP contribution in [0.2, 0.25) is 0 Å². The third kappa shape index (κ3) is 1.84. The highest BCUT2D eigenvalue weighted by Gasteiger charge is 1.96. The Morgan fingerprint density at radius 3 is 2.50 bits per heavy atom. The number of aryl methyl sites for hydroxylation is 1. The first-order valence-corrected chi connectivity index (χ1v) is 3.86. The summed E-state index contributed by atoms with van der Waals surface area (Å²) in [6.07, 6.45) is -0.208. The summed E-state index contributed by atoms with van der Waals surface area (Å²) in [6, 6.07) is 7.47. The number of hydrogen-bond acceptors (Lipinski definition) is 2. The third-order valence-electron chi connectivity index (χ3n) is 1.81. The lowest BCUT2D eigenvalue weighted by Crippen LogP contribution is -1.94. The second-order valence-corrected chi connectivity index (χ2v) is 2.60. The number of nitrogens with zero attached hydrogens (tertiary/aromatic N) is 1. The van der Waals surface area contributed by atoms with Crippen LogP contribution in [0.3, 0.4) is 0 Å². The highest BCUT2D eigenvalue weighted by Crippen LogP contribution is 2.05. The molecule has 0 unspecified atom stereocenters. The smallest absolute Gasteiger partial charge is 0.0836 e. The predicted octanol–water partition coefficient (Wildman–Crippen LogP) is 2.45. The minimum absolute atomic E-state index is 0.208. The van der Waals surface area contributed by atoms with Gasteiger partial charge in [0.1, 0.15) is 0 Å². The van der Waals surface area contributed by atoms with Gasteiger partial charge < -0.3 is 5.21 Å². The van der Waals surface area contributed by atoms with Gasteiger partial charge in [-0.1, -0.05) is 36.3 Å². The Bertz CT molecular complexity index is 303. The molecule has 2 heteroatoms. The van der Waals surface area contributed by atoms with E-state index in [-0.39, 0.29) is 6.40 Å². The summed E-state index contributed by atoms with van der Waals surface area (Å²) >= 11 is 0. The Morgan fingerprint density at radius 1 is 1.50 bits per heavy atom. The molecule has 0 aliphatic heterocycles. The second-order valence-electron chi connectivity index (χ2n) is 2.60. The molecule has 0 aliphatic rings. The number of hydrogen-bond donors (Lipinski definition) is 1. The van der Waals surface area contributed by atoms with E-state index in [0.717, 1.165) is 11.1 Å². The van der Waals surface area contributed by atoms with Crippen molar-refractivity contribution in [1.82, 2.24) is 0 Å². The number of benzene rings is 1. The molecule has 0 radical (unpaired) electrons. The van der Waals surface area contributed by atoms with Crippen molar-refractivity contribution in [3.63, 3.8) is 0 Å². The van der Waals surface area contributed by atoms with Crippen LogP contribution >= 0.6 is 0 Å². The van der Waals surface area contributed by atoms with Crippen molar-refractivity contribution in [1.29, 1.82) is 0 Å². The molecule has 12 heavy (non-hydrogen) atoms. The molecule has 1 atom stereocenters. The zero-order valence-electron chi connectivity index (χ0n) is 8.28. The van der Waals surface area contributed by atoms with Gasteiger partial charge in [-0.3, -0.25) is 0 Å². The number of oxime groups is 1. The highest BCUT2D eigenvalue weighted by molar-refractivity contribution is 5.98. The van der Waals surface area contributed by atoms with Crippen molar-refractivity contribution in [2.75, 3.05) is 0 Å². The summed E-state index contributed by atoms with van der Waals surface area (Å²) in [5, 5.41) is 11.6. The van der Waals surface area contributed by atoms with Gasteiger partial charge in [0.05, 0.1) is 5.71 Å². The van der Waals surface area contributed by atoms with E-state index < -0.39 is 0 Å². The Balaban J connectivity index is 2.94. The van der Waals surface area contributed by atoms with Gasteiger partial charge >= 0.3 is 0 Å². The van der Waals surface area contributed by atoms with Crippen molar-refractivity contribution in [3.05, 3.63) is 35.4 Å². The van der Waals surface area contributed by atoms with Crippen molar-refractivity contribution in [3.8, 4) is 0 Å². The fourth-order valence-electron chi connectivity index (χ4n) is 0.975. The maximum absolute atomic E-state index is 8.52. The Hall–Kier alpha value is -1.31. The molecule has 1 rings (SSSR count). The van der Waals surface area contributed by atoms with Crippen molar-refractivity contribution < 1.29 is 6.58 Å². The number of rotatable bonds is 2. The molecule has 0 aliphatic carbocycles. The fourth-order valence-corrected chi connectivity index (χ4v) is 0.975. The standard InChI is InChI=1S/C10H13NO/c1-3-9-4-6-10(7-5-9)8(2)11-12/h4-7,12H,3H2,1-2H3/b11-8+/i3D/t3-/m1/s1. The Labute approximate surface area is 73.9 Å². The molecule has 0 spiro atoms. The van der Waals surface area contributed by atoms with E-state index >= 15 is 0 Å². The van der Waals surface area contributed by atoms with Crippen LogP contribution in [0.15, 0.2) is 29.4 Å². The average Bonchev–Trinajstić information content (AvgIpc) is 2.17. The first-order chi connectivity index (χ1) is 6.15. The normalized spacial score (nSPS) is 15.5. The monoisotopic (exact) mass is 164 g/mol. The largest absolute Gasteiger partial charge is 0.411 e. The molecule has 1 aromatic rings. The lowest BCUT2D eigenvalue weighted by Gasteiger charge is -1.99. The van der Waals surface area contributed by atoms with Crippen LogP contribution in [0.5, 0.6) is 0 Å². The molecule has 0 saturated heterocycles. The van der Waals surface area contributed by atoms with Gasteiger partial charge in [-0.2, -0.15) is 0 Å². The van der Waals surface area contributed by atoms with E-state index in [2.05, 4.69) is 5.16 Å². The molecule has 0 heterocycles. The Kier molecular flexibility index (Phi) is 2.39. The van der Waals surface area contributed by atoms with Gasteiger partial charge in [0.15, 0.2) is 0 Å². The SMILES string of the molecule is [2H][C@H](C)c1ccc(/C(C)=N/O)cc1. The van der Waals surface area contributed by atoms with Crippen LogP contribution < -0.4 is 0 Å². The molecule has 0 bridgehead atoms. The quantitative estimate of drug-likeness (QED) is 0.406. The van der Waals surface area contributed by atoms with Crippen molar-refractivity contribution in [2.45, 2.75) is 20.2 Å². The summed E-state index contributed by atoms with van der Waals surface area (Å²) < 4.78 is 7.46. The maximum atomic E-state index is 8.52. The zero-order valence-corrected chi connectivity index (χ0v) is 7.28. The van der Waals surface area contributed by atoms with Crippen LogP contribution in [0.1, 0.15) is 26.3 Å². The van der Waals surface area contributed by atoms with Crippen molar-refractivity contribution in [2.24, 2.45) is 5.16 Å². The van der Waals surface area contributed by atoms with Gasteiger partial charge in [-0.25, -0.2) is 0 Å². The van der Waals surface area contributed by atoms with Gasteiger partial charge in [0, 0.05) is 1.37 Å². The first-order valence-electron chi connectivity index (χ1n) is 4.44. The van der Waals surface area contributed by atoms with Gasteiger partial charge in [-0.05, 0) is 24.4 Å². The van der Waals surface area contributed by atoms with Crippen LogP contribution in [0.4, 0.5) is 0 Å². The van der Waals surface area contributed by atoms with Gasteiger partial charge in [0.2, 0.25) is 0 Å². The van der Waals surface area contributed by atoms with E-state index in [1.165, 1.54) is 0 Å². The summed E-state index contributed by atoms with van der Waals surface area (Å²) in [5.41, 5.74) is 2.44. The van der Waals surface area contributed by atoms with Gasteiger partial charge in [-0.15, -0.1) is 0 Å². The first kappa shape index (κ1) is 7.35. The van der Waals surface area contributed by atoms with E-state index in [4.69, 9.17) is 6.58 Å². The molecule has 1 N–H and O–H groups in total. The molecule has 0 saturated carbocycles. The zero-order chi connectivity index (χ0) is 9.84. The van der Waals surface area contributed by atoms with Crippen molar-refractivity contribution >= 4 is 5.71 Å². The lowest BCUT2D eigenvalue weighted by molar-refractivity contribution is 0.319. The molecule has 0 amide bonds. The van der Waals surface area contributed by atoms with Crippen LogP contribution in [-0.2, 0) is 6.40 Å². The Morgan fingerprint density at radius 2 is 2.08 bits per heavy atom. The summed E-state index contributed by atoms with van der Waals surface area (Å²) in [5.74, 6) is 0. The molecule has 0 fully saturated rings. The van der Waals surface area contributed by atoms with Crippen LogP contribution in [0, 0.1) is 0 Å². The third-order valence-corrected chi connectivity index (χ3v) is 1.81. The maximum Gasteiger partial charge on any atom is 0.0836 e. The van der Waals surface area contributed by atoms with Crippen LogP contribution in [0.25, 0.3) is 0 Å². The second kappa shape index (κ2) is 3.90. The van der Waals surface area contributed by atoms with E-state index in [1.54, 1.807) is 6.92 Å². The fraction of sp³-hybridized carbons (Fsp3) is 0.300. The summed E-state index contributed by atoms with van der Waals surface area (Å²) in [6.45, 7) is 3.56. The summed E-state index contributed by atoms with van der Waals surface area (Å²) in [4.78, 5) is 0. The molecule has 2 nitrogen and oxygen atoms in total. The van der Waals surface area contributed by atoms with Crippen LogP contribution in [-0.4, -0.2) is 10.9 Å². The van der Waals surface area contributed by atoms with E-state index in [1.807, 2.05) is 31.2 Å². The minimum atomic E-state index is -0.208. The van der Waals surface area contributed by atoms with E-state index in [9.17, 15) is 0 Å². The molecule has 64 valence electrons. The average molecular weight is 164 g/mol. The van der Waals surface area contributed by atoms with E-state index in [0.29, 0.717) is 5.71 Å². The predicted molar refractivity (Wildman–Crippen MR) is 49.8 cm³/mol. The molecule has 1 aromatic carbocycles.